The van der Waals surface area contributed by atoms with Crippen molar-refractivity contribution in [1.29, 1.82) is 0 Å². The maximum Gasteiger partial charge on any atom is 0.310 e. The van der Waals surface area contributed by atoms with Crippen LogP contribution in [-0.4, -0.2) is 9.55 Å². The van der Waals surface area contributed by atoms with Crippen molar-refractivity contribution in [3.05, 3.63) is 86.3 Å². The normalized spacial score (nSPS) is 10.9. The zero-order valence-corrected chi connectivity index (χ0v) is 14.6. The summed E-state index contributed by atoms with van der Waals surface area (Å²) in [6.07, 6.45) is 0.852. The molecule has 0 unspecified atom stereocenters. The van der Waals surface area contributed by atoms with Gasteiger partial charge in [0.15, 0.2) is 0 Å². The average Bonchev–Trinajstić information content (AvgIpc) is 2.56. The third kappa shape index (κ3) is 4.28. The maximum atomic E-state index is 13.7. The fourth-order valence-electron chi connectivity index (χ4n) is 2.46. The summed E-state index contributed by atoms with van der Waals surface area (Å²) >= 11 is 5.99. The monoisotopic (exact) mass is 397 g/mol. The lowest BCUT2D eigenvalue weighted by Gasteiger charge is -2.15. The summed E-state index contributed by atoms with van der Waals surface area (Å²) in [6, 6.07) is 5.30. The van der Waals surface area contributed by atoms with Crippen LogP contribution in [0.15, 0.2) is 41.3 Å². The summed E-state index contributed by atoms with van der Waals surface area (Å²) in [7, 11) is 0. The third-order valence-electron chi connectivity index (χ3n) is 3.72. The van der Waals surface area contributed by atoms with Crippen LogP contribution in [0, 0.1) is 30.2 Å². The molecule has 0 radical (unpaired) electrons. The van der Waals surface area contributed by atoms with E-state index in [4.69, 9.17) is 11.6 Å². The lowest BCUT2D eigenvalue weighted by molar-refractivity contribution is 0.568. The largest absolute Gasteiger partial charge is 0.324 e. The highest BCUT2D eigenvalue weighted by molar-refractivity contribution is 6.33. The molecule has 2 aromatic carbocycles. The Hall–Kier alpha value is -2.87. The minimum atomic E-state index is -1.14. The molecule has 1 heterocycles. The average molecular weight is 398 g/mol. The van der Waals surface area contributed by atoms with Crippen LogP contribution in [0.2, 0.25) is 5.02 Å². The second kappa shape index (κ2) is 7.40. The molecular weight excluding hydrogens is 386 g/mol. The van der Waals surface area contributed by atoms with Crippen molar-refractivity contribution < 1.29 is 17.6 Å². The summed E-state index contributed by atoms with van der Waals surface area (Å²) in [5, 5.41) is 2.74. The Morgan fingerprint density at radius 2 is 1.70 bits per heavy atom. The van der Waals surface area contributed by atoms with Crippen LogP contribution < -0.4 is 10.9 Å². The number of hydrogen-bond acceptors (Lipinski definition) is 3. The molecule has 0 spiro atoms. The summed E-state index contributed by atoms with van der Waals surface area (Å²) in [5.74, 6) is -3.39. The van der Waals surface area contributed by atoms with Crippen LogP contribution in [0.1, 0.15) is 11.1 Å². The molecule has 140 valence electrons. The molecular formula is C18H12ClF4N3O. The van der Waals surface area contributed by atoms with Crippen molar-refractivity contribution in [2.75, 3.05) is 5.32 Å². The van der Waals surface area contributed by atoms with Crippen LogP contribution in [0.4, 0.5) is 29.2 Å². The Kier molecular flexibility index (Phi) is 5.18. The summed E-state index contributed by atoms with van der Waals surface area (Å²) in [5.41, 5.74) is -0.436. The van der Waals surface area contributed by atoms with Gasteiger partial charge in [-0.1, -0.05) is 11.6 Å². The van der Waals surface area contributed by atoms with E-state index in [9.17, 15) is 22.4 Å². The number of halogens is 5. The first-order valence-corrected chi connectivity index (χ1v) is 8.05. The van der Waals surface area contributed by atoms with Gasteiger partial charge in [-0.3, -0.25) is 4.79 Å². The highest BCUT2D eigenvalue weighted by Crippen LogP contribution is 2.27. The van der Waals surface area contributed by atoms with Crippen molar-refractivity contribution in [1.82, 2.24) is 9.55 Å². The van der Waals surface area contributed by atoms with Gasteiger partial charge in [0.25, 0.3) is 0 Å². The van der Waals surface area contributed by atoms with E-state index >= 15 is 0 Å². The van der Waals surface area contributed by atoms with Crippen LogP contribution >= 0.6 is 11.6 Å². The van der Waals surface area contributed by atoms with E-state index in [1.807, 2.05) is 0 Å². The lowest BCUT2D eigenvalue weighted by Crippen LogP contribution is -2.20. The highest BCUT2D eigenvalue weighted by Gasteiger charge is 2.13. The van der Waals surface area contributed by atoms with Gasteiger partial charge in [-0.25, -0.2) is 13.2 Å². The molecule has 3 aromatic rings. The number of rotatable bonds is 4. The van der Waals surface area contributed by atoms with Crippen LogP contribution in [0.3, 0.4) is 0 Å². The van der Waals surface area contributed by atoms with Crippen LogP contribution in [0.25, 0.3) is 0 Å². The first-order valence-electron chi connectivity index (χ1n) is 7.67. The van der Waals surface area contributed by atoms with E-state index in [1.54, 1.807) is 0 Å². The zero-order valence-electron chi connectivity index (χ0n) is 13.9. The molecule has 9 heteroatoms. The molecule has 0 aliphatic rings. The van der Waals surface area contributed by atoms with Gasteiger partial charge < -0.3 is 9.88 Å². The highest BCUT2D eigenvalue weighted by atomic mass is 35.5. The third-order valence-corrected chi connectivity index (χ3v) is 4.04. The van der Waals surface area contributed by atoms with E-state index in [-0.39, 0.29) is 34.3 Å². The number of nitrogens with zero attached hydrogens (tertiary/aromatic N) is 2. The molecule has 0 aliphatic heterocycles. The Morgan fingerprint density at radius 1 is 1.04 bits per heavy atom. The van der Waals surface area contributed by atoms with E-state index in [1.165, 1.54) is 13.0 Å². The Labute approximate surface area is 156 Å². The first-order chi connectivity index (χ1) is 12.7. The minimum absolute atomic E-state index is 0.0139. The molecule has 27 heavy (non-hydrogen) atoms. The fourth-order valence-corrected chi connectivity index (χ4v) is 2.66. The van der Waals surface area contributed by atoms with Crippen molar-refractivity contribution in [3.63, 3.8) is 0 Å². The summed E-state index contributed by atoms with van der Waals surface area (Å²) in [6.45, 7) is 1.33. The van der Waals surface area contributed by atoms with Gasteiger partial charge >= 0.3 is 5.56 Å². The van der Waals surface area contributed by atoms with E-state index < -0.39 is 28.8 Å². The lowest BCUT2D eigenvalue weighted by atomic mass is 10.2. The Bertz CT molecular complexity index is 1060. The predicted molar refractivity (Wildman–Crippen MR) is 93.3 cm³/mol. The quantitative estimate of drug-likeness (QED) is 0.657. The predicted octanol–water partition coefficient (Wildman–Crippen LogP) is 4.55. The van der Waals surface area contributed by atoms with Gasteiger partial charge in [-0.05, 0) is 42.3 Å². The second-order valence-corrected chi connectivity index (χ2v) is 6.24. The standard InChI is InChI=1S/C18H12ClF4N3O/c1-9-2-16(13(19)6-14(9)22)24-18-25-17(27)15(23)8-26(18)7-10-3-11(20)5-12(21)4-10/h2-6,8H,7H2,1H3,(H,24,25,27). The maximum absolute atomic E-state index is 13.7. The van der Waals surface area contributed by atoms with E-state index in [0.717, 1.165) is 29.0 Å². The van der Waals surface area contributed by atoms with E-state index in [2.05, 4.69) is 10.3 Å². The van der Waals surface area contributed by atoms with Crippen molar-refractivity contribution in [2.24, 2.45) is 0 Å². The van der Waals surface area contributed by atoms with Gasteiger partial charge in [-0.15, -0.1) is 0 Å². The molecule has 3 rings (SSSR count). The molecule has 0 saturated carbocycles. The molecule has 0 fully saturated rings. The molecule has 0 atom stereocenters. The SMILES string of the molecule is Cc1cc(Nc2nc(=O)c(F)cn2Cc2cc(F)cc(F)c2)c(Cl)cc1F. The van der Waals surface area contributed by atoms with Gasteiger partial charge in [-0.2, -0.15) is 9.37 Å². The van der Waals surface area contributed by atoms with Gasteiger partial charge in [0.1, 0.15) is 17.5 Å². The molecule has 0 saturated heterocycles. The Balaban J connectivity index is 2.04. The zero-order chi connectivity index (χ0) is 19.7. The van der Waals surface area contributed by atoms with Gasteiger partial charge in [0, 0.05) is 12.3 Å². The first kappa shape index (κ1) is 18.9. The number of benzene rings is 2. The number of anilines is 2. The molecule has 1 N–H and O–H groups in total. The number of aryl methyl sites for hydroxylation is 1. The molecule has 4 nitrogen and oxygen atoms in total. The molecule has 0 bridgehead atoms. The molecule has 0 aliphatic carbocycles. The van der Waals surface area contributed by atoms with Crippen LogP contribution in [0.5, 0.6) is 0 Å². The minimum Gasteiger partial charge on any atom is -0.324 e. The van der Waals surface area contributed by atoms with Gasteiger partial charge in [0.2, 0.25) is 11.8 Å². The Morgan fingerprint density at radius 3 is 2.37 bits per heavy atom. The second-order valence-electron chi connectivity index (χ2n) is 5.83. The van der Waals surface area contributed by atoms with E-state index in [0.29, 0.717) is 6.07 Å². The topological polar surface area (TPSA) is 46.9 Å². The number of aromatic nitrogens is 2. The summed E-state index contributed by atoms with van der Waals surface area (Å²) < 4.78 is 55.2. The van der Waals surface area contributed by atoms with Gasteiger partial charge in [0.05, 0.1) is 17.3 Å². The molecule has 1 aromatic heterocycles. The summed E-state index contributed by atoms with van der Waals surface area (Å²) in [4.78, 5) is 15.2. The fraction of sp³-hybridized carbons (Fsp3) is 0.111. The molecule has 0 amide bonds. The van der Waals surface area contributed by atoms with Crippen LogP contribution in [-0.2, 0) is 6.54 Å². The number of hydrogen-bond donors (Lipinski definition) is 1. The smallest absolute Gasteiger partial charge is 0.310 e. The van der Waals surface area contributed by atoms with Crippen molar-refractivity contribution in [3.8, 4) is 0 Å². The van der Waals surface area contributed by atoms with Crippen molar-refractivity contribution >= 4 is 23.2 Å². The van der Waals surface area contributed by atoms with Crippen molar-refractivity contribution in [2.45, 2.75) is 13.5 Å². The number of nitrogens with one attached hydrogen (secondary N) is 1.